The highest BCUT2D eigenvalue weighted by Crippen LogP contribution is 1.94. The van der Waals surface area contributed by atoms with Gasteiger partial charge in [-0.2, -0.15) is 0 Å². The van der Waals surface area contributed by atoms with E-state index in [-0.39, 0.29) is 5.78 Å². The molecular weight excluding hydrogens is 138 g/mol. The van der Waals surface area contributed by atoms with Gasteiger partial charge in [-0.3, -0.25) is 10.1 Å². The molecule has 0 spiro atoms. The average Bonchev–Trinajstić information content (AvgIpc) is 1.86. The molecule has 1 N–H and O–H groups in total. The summed E-state index contributed by atoms with van der Waals surface area (Å²) in [5, 5.41) is 2.81. The zero-order chi connectivity index (χ0) is 8.69. The number of ketones is 1. The fraction of sp³-hybridized carbons (Fsp3) is 0.444. The Morgan fingerprint density at radius 3 is 2.82 bits per heavy atom. The van der Waals surface area contributed by atoms with Crippen LogP contribution in [0, 0.1) is 12.3 Å². The maximum atomic E-state index is 10.9. The van der Waals surface area contributed by atoms with E-state index in [1.807, 2.05) is 6.92 Å². The Bertz CT molecular complexity index is 188. The van der Waals surface area contributed by atoms with E-state index in [4.69, 9.17) is 6.42 Å². The Morgan fingerprint density at radius 2 is 2.36 bits per heavy atom. The molecule has 2 heteroatoms. The second-order valence-electron chi connectivity index (χ2n) is 2.48. The third kappa shape index (κ3) is 6.82. The number of hydrogen-bond donors (Lipinski definition) is 1. The summed E-state index contributed by atoms with van der Waals surface area (Å²) in [7, 11) is 0. The molecule has 0 bridgehead atoms. The lowest BCUT2D eigenvalue weighted by Crippen LogP contribution is -2.22. The van der Waals surface area contributed by atoms with Crippen molar-refractivity contribution in [2.45, 2.75) is 13.3 Å². The molecule has 0 rings (SSSR count). The third-order valence-electron chi connectivity index (χ3n) is 1.05. The van der Waals surface area contributed by atoms with Gasteiger partial charge in [0.2, 0.25) is 0 Å². The minimum atomic E-state index is 0.132. The summed E-state index contributed by atoms with van der Waals surface area (Å²) in [6.07, 6.45) is 5.42. The summed E-state index contributed by atoms with van der Waals surface area (Å²) in [4.78, 5) is 10.9. The van der Waals surface area contributed by atoms with Gasteiger partial charge in [-0.15, -0.1) is 6.42 Å². The van der Waals surface area contributed by atoms with E-state index in [0.29, 0.717) is 19.5 Å². The average molecular weight is 151 g/mol. The van der Waals surface area contributed by atoms with Crippen LogP contribution in [0.1, 0.15) is 13.3 Å². The number of Topliss-reactive ketones (excluding diaryl/α,β-unsaturated/α-hetero) is 1. The van der Waals surface area contributed by atoms with Crippen LogP contribution in [0.5, 0.6) is 0 Å². The van der Waals surface area contributed by atoms with Crippen molar-refractivity contribution in [1.82, 2.24) is 5.32 Å². The van der Waals surface area contributed by atoms with Crippen molar-refractivity contribution in [1.29, 1.82) is 0 Å². The van der Waals surface area contributed by atoms with Crippen molar-refractivity contribution in [2.24, 2.45) is 0 Å². The molecule has 0 unspecified atom stereocenters. The molecule has 0 radical (unpaired) electrons. The van der Waals surface area contributed by atoms with Gasteiger partial charge >= 0.3 is 0 Å². The Labute approximate surface area is 67.7 Å². The Morgan fingerprint density at radius 1 is 1.73 bits per heavy atom. The molecule has 0 amide bonds. The van der Waals surface area contributed by atoms with E-state index >= 15 is 0 Å². The zero-order valence-corrected chi connectivity index (χ0v) is 6.81. The fourth-order valence-corrected chi connectivity index (χ4v) is 0.673. The standard InChI is InChI=1S/C9H13NO/c1-4-5-10-7-9(11)6-8(2)3/h1,10H,2,5-7H2,3H3. The number of nitrogens with one attached hydrogen (secondary N) is 1. The molecule has 0 saturated carbocycles. The monoisotopic (exact) mass is 151 g/mol. The van der Waals surface area contributed by atoms with Gasteiger partial charge in [0.25, 0.3) is 0 Å². The van der Waals surface area contributed by atoms with E-state index in [1.54, 1.807) is 0 Å². The zero-order valence-electron chi connectivity index (χ0n) is 6.81. The first kappa shape index (κ1) is 9.93. The summed E-state index contributed by atoms with van der Waals surface area (Å²) < 4.78 is 0. The molecule has 60 valence electrons. The number of rotatable bonds is 5. The number of allylic oxidation sites excluding steroid dienone is 1. The largest absolute Gasteiger partial charge is 0.299 e. The van der Waals surface area contributed by atoms with Gasteiger partial charge in [0, 0.05) is 6.42 Å². The third-order valence-corrected chi connectivity index (χ3v) is 1.05. The summed E-state index contributed by atoms with van der Waals surface area (Å²) >= 11 is 0. The van der Waals surface area contributed by atoms with Crippen molar-refractivity contribution in [3.8, 4) is 12.3 Å². The molecule has 0 aromatic heterocycles. The van der Waals surface area contributed by atoms with Crippen LogP contribution >= 0.6 is 0 Å². The van der Waals surface area contributed by atoms with Crippen molar-refractivity contribution in [3.63, 3.8) is 0 Å². The van der Waals surface area contributed by atoms with Crippen LogP contribution in [0.15, 0.2) is 12.2 Å². The van der Waals surface area contributed by atoms with E-state index in [1.165, 1.54) is 0 Å². The molecule has 11 heavy (non-hydrogen) atoms. The first-order valence-electron chi connectivity index (χ1n) is 3.47. The second kappa shape index (κ2) is 5.70. The highest BCUT2D eigenvalue weighted by molar-refractivity contribution is 5.82. The molecule has 0 aliphatic carbocycles. The van der Waals surface area contributed by atoms with Crippen LogP contribution in [0.25, 0.3) is 0 Å². The van der Waals surface area contributed by atoms with Crippen LogP contribution < -0.4 is 5.32 Å². The van der Waals surface area contributed by atoms with Crippen LogP contribution in [-0.4, -0.2) is 18.9 Å². The topological polar surface area (TPSA) is 29.1 Å². The molecule has 0 aliphatic heterocycles. The van der Waals surface area contributed by atoms with E-state index in [2.05, 4.69) is 17.8 Å². The summed E-state index contributed by atoms with van der Waals surface area (Å²) in [6, 6.07) is 0. The molecular formula is C9H13NO. The molecule has 0 atom stereocenters. The number of hydrogen-bond acceptors (Lipinski definition) is 2. The van der Waals surface area contributed by atoms with Gasteiger partial charge in [-0.25, -0.2) is 0 Å². The number of carbonyl (C=O) groups excluding carboxylic acids is 1. The lowest BCUT2D eigenvalue weighted by Gasteiger charge is -1.99. The van der Waals surface area contributed by atoms with Crippen LogP contribution in [0.2, 0.25) is 0 Å². The number of carbonyl (C=O) groups is 1. The van der Waals surface area contributed by atoms with E-state index in [9.17, 15) is 4.79 Å². The SMILES string of the molecule is C#CCNCC(=O)CC(=C)C. The van der Waals surface area contributed by atoms with Gasteiger partial charge in [-0.1, -0.05) is 18.1 Å². The van der Waals surface area contributed by atoms with Gasteiger partial charge in [0.05, 0.1) is 13.1 Å². The van der Waals surface area contributed by atoms with Crippen LogP contribution in [0.4, 0.5) is 0 Å². The van der Waals surface area contributed by atoms with Crippen molar-refractivity contribution in [2.75, 3.05) is 13.1 Å². The molecule has 0 saturated heterocycles. The first-order valence-corrected chi connectivity index (χ1v) is 3.47. The minimum Gasteiger partial charge on any atom is -0.299 e. The van der Waals surface area contributed by atoms with E-state index in [0.717, 1.165) is 5.57 Å². The maximum Gasteiger partial charge on any atom is 0.150 e. The highest BCUT2D eigenvalue weighted by atomic mass is 16.1. The van der Waals surface area contributed by atoms with Gasteiger partial charge in [0.1, 0.15) is 0 Å². The maximum absolute atomic E-state index is 10.9. The molecule has 0 aliphatic rings. The molecule has 0 fully saturated rings. The second-order valence-corrected chi connectivity index (χ2v) is 2.48. The van der Waals surface area contributed by atoms with Gasteiger partial charge in [0.15, 0.2) is 5.78 Å². The fourth-order valence-electron chi connectivity index (χ4n) is 0.673. The Hall–Kier alpha value is -1.07. The van der Waals surface area contributed by atoms with Crippen molar-refractivity contribution < 1.29 is 4.79 Å². The molecule has 0 aromatic carbocycles. The van der Waals surface area contributed by atoms with Gasteiger partial charge < -0.3 is 0 Å². The Kier molecular flexibility index (Phi) is 5.14. The van der Waals surface area contributed by atoms with Gasteiger partial charge in [-0.05, 0) is 6.92 Å². The highest BCUT2D eigenvalue weighted by Gasteiger charge is 1.99. The number of terminal acetylenes is 1. The van der Waals surface area contributed by atoms with Crippen molar-refractivity contribution in [3.05, 3.63) is 12.2 Å². The minimum absolute atomic E-state index is 0.132. The Balaban J connectivity index is 3.39. The summed E-state index contributed by atoms with van der Waals surface area (Å²) in [6.45, 7) is 6.26. The molecule has 2 nitrogen and oxygen atoms in total. The predicted octanol–water partition coefficient (Wildman–Crippen LogP) is 0.745. The smallest absolute Gasteiger partial charge is 0.150 e. The quantitative estimate of drug-likeness (QED) is 0.357. The van der Waals surface area contributed by atoms with E-state index < -0.39 is 0 Å². The molecule has 0 heterocycles. The lowest BCUT2D eigenvalue weighted by atomic mass is 10.2. The normalized spacial score (nSPS) is 8.73. The lowest BCUT2D eigenvalue weighted by molar-refractivity contribution is -0.117. The van der Waals surface area contributed by atoms with Crippen LogP contribution in [0.3, 0.4) is 0 Å². The van der Waals surface area contributed by atoms with Crippen molar-refractivity contribution >= 4 is 5.78 Å². The summed E-state index contributed by atoms with van der Waals surface area (Å²) in [5.41, 5.74) is 0.887. The summed E-state index contributed by atoms with van der Waals surface area (Å²) in [5.74, 6) is 2.52. The first-order chi connectivity index (χ1) is 5.16. The molecule has 0 aromatic rings. The predicted molar refractivity (Wildman–Crippen MR) is 46.1 cm³/mol. The van der Waals surface area contributed by atoms with Crippen LogP contribution in [-0.2, 0) is 4.79 Å².